The first kappa shape index (κ1) is 10.9. The van der Waals surface area contributed by atoms with Crippen LogP contribution in [0.4, 0.5) is 4.39 Å². The lowest BCUT2D eigenvalue weighted by Gasteiger charge is -2.04. The van der Waals surface area contributed by atoms with Crippen LogP contribution in [0, 0.1) is 9.39 Å². The highest BCUT2D eigenvalue weighted by Gasteiger charge is 2.07. The van der Waals surface area contributed by atoms with Gasteiger partial charge in [-0.1, -0.05) is 6.07 Å². The van der Waals surface area contributed by atoms with E-state index in [1.807, 2.05) is 22.6 Å². The fraction of sp³-hybridized carbons (Fsp3) is 0.222. The van der Waals surface area contributed by atoms with Crippen molar-refractivity contribution in [2.24, 2.45) is 0 Å². The summed E-state index contributed by atoms with van der Waals surface area (Å²) in [4.78, 5) is 10.3. The van der Waals surface area contributed by atoms with E-state index in [0.717, 1.165) is 9.13 Å². The molecule has 0 fully saturated rings. The summed E-state index contributed by atoms with van der Waals surface area (Å²) >= 11 is 7.67. The van der Waals surface area contributed by atoms with Crippen LogP contribution in [0.25, 0.3) is 0 Å². The molecule has 0 aliphatic rings. The molecule has 1 unspecified atom stereocenters. The summed E-state index contributed by atoms with van der Waals surface area (Å²) in [6.07, 6.45) is 1.13. The highest BCUT2D eigenvalue weighted by Crippen LogP contribution is 2.16. The van der Waals surface area contributed by atoms with E-state index in [1.54, 1.807) is 6.07 Å². The molecule has 0 saturated carbocycles. The van der Waals surface area contributed by atoms with Crippen LogP contribution in [0.1, 0.15) is 5.56 Å². The maximum absolute atomic E-state index is 12.7. The zero-order valence-electron chi connectivity index (χ0n) is 6.64. The Morgan fingerprint density at radius 3 is 2.85 bits per heavy atom. The summed E-state index contributed by atoms with van der Waals surface area (Å²) in [7, 11) is 0. The Morgan fingerprint density at radius 2 is 2.31 bits per heavy atom. The van der Waals surface area contributed by atoms with Crippen LogP contribution in [0.15, 0.2) is 18.2 Å². The molecule has 1 nitrogen and oxygen atoms in total. The zero-order valence-corrected chi connectivity index (χ0v) is 9.55. The van der Waals surface area contributed by atoms with E-state index in [-0.39, 0.29) is 5.82 Å². The summed E-state index contributed by atoms with van der Waals surface area (Å²) in [5.41, 5.74) is 0.897. The number of carbonyl (C=O) groups is 1. The van der Waals surface area contributed by atoms with Gasteiger partial charge in [0.1, 0.15) is 12.1 Å². The highest BCUT2D eigenvalue weighted by atomic mass is 127. The van der Waals surface area contributed by atoms with Gasteiger partial charge in [0.05, 0.1) is 5.38 Å². The Balaban J connectivity index is 2.83. The molecule has 0 bridgehead atoms. The lowest BCUT2D eigenvalue weighted by molar-refractivity contribution is -0.107. The minimum Gasteiger partial charge on any atom is -0.302 e. The highest BCUT2D eigenvalue weighted by molar-refractivity contribution is 14.1. The van der Waals surface area contributed by atoms with Gasteiger partial charge in [-0.15, -0.1) is 11.6 Å². The third-order valence-electron chi connectivity index (χ3n) is 1.58. The second kappa shape index (κ2) is 4.91. The molecule has 1 rings (SSSR count). The number of hydrogen-bond acceptors (Lipinski definition) is 1. The van der Waals surface area contributed by atoms with Crippen LogP contribution in [0.2, 0.25) is 0 Å². The minimum absolute atomic E-state index is 0.273. The van der Waals surface area contributed by atoms with Crippen LogP contribution >= 0.6 is 34.2 Å². The smallest absolute Gasteiger partial charge is 0.138 e. The maximum atomic E-state index is 12.7. The van der Waals surface area contributed by atoms with Crippen LogP contribution in [-0.2, 0) is 11.2 Å². The minimum atomic E-state index is -0.529. The molecule has 4 heteroatoms. The number of carbonyl (C=O) groups excluding carboxylic acids is 1. The number of halogens is 3. The van der Waals surface area contributed by atoms with Crippen molar-refractivity contribution in [2.75, 3.05) is 0 Å². The van der Waals surface area contributed by atoms with Gasteiger partial charge >= 0.3 is 0 Å². The van der Waals surface area contributed by atoms with Crippen molar-refractivity contribution >= 4 is 40.5 Å². The first-order chi connectivity index (χ1) is 6.13. The van der Waals surface area contributed by atoms with Gasteiger partial charge < -0.3 is 4.79 Å². The van der Waals surface area contributed by atoms with Crippen molar-refractivity contribution < 1.29 is 9.18 Å². The lowest BCUT2D eigenvalue weighted by Crippen LogP contribution is -2.05. The van der Waals surface area contributed by atoms with E-state index in [2.05, 4.69) is 0 Å². The summed E-state index contributed by atoms with van der Waals surface area (Å²) in [6, 6.07) is 4.44. The number of alkyl halides is 1. The molecule has 70 valence electrons. The lowest BCUT2D eigenvalue weighted by atomic mass is 10.1. The summed E-state index contributed by atoms with van der Waals surface area (Å²) in [5.74, 6) is -0.273. The van der Waals surface area contributed by atoms with E-state index in [1.165, 1.54) is 12.1 Å². The molecule has 0 aromatic heterocycles. The zero-order chi connectivity index (χ0) is 9.84. The number of benzene rings is 1. The fourth-order valence-electron chi connectivity index (χ4n) is 0.945. The average Bonchev–Trinajstić information content (AvgIpc) is 2.09. The van der Waals surface area contributed by atoms with Crippen LogP contribution in [0.3, 0.4) is 0 Å². The van der Waals surface area contributed by atoms with Gasteiger partial charge in [0, 0.05) is 3.57 Å². The van der Waals surface area contributed by atoms with Gasteiger partial charge in [-0.05, 0) is 46.7 Å². The van der Waals surface area contributed by atoms with Gasteiger partial charge in [0.15, 0.2) is 0 Å². The SMILES string of the molecule is O=CC(Cl)Cc1ccc(F)cc1I. The third kappa shape index (κ3) is 3.23. The Hall–Kier alpha value is -0.160. The van der Waals surface area contributed by atoms with Gasteiger partial charge in [-0.3, -0.25) is 0 Å². The molecule has 1 aromatic carbocycles. The molecule has 0 N–H and O–H groups in total. The summed E-state index contributed by atoms with van der Waals surface area (Å²) < 4.78 is 13.5. The molecule has 13 heavy (non-hydrogen) atoms. The molecule has 0 spiro atoms. The Kier molecular flexibility index (Phi) is 4.12. The first-order valence-electron chi connectivity index (χ1n) is 3.67. The summed E-state index contributed by atoms with van der Waals surface area (Å²) in [6.45, 7) is 0. The monoisotopic (exact) mass is 312 g/mol. The fourth-order valence-corrected chi connectivity index (χ4v) is 1.81. The second-order valence-electron chi connectivity index (χ2n) is 2.59. The Morgan fingerprint density at radius 1 is 1.62 bits per heavy atom. The molecule has 1 atom stereocenters. The van der Waals surface area contributed by atoms with E-state index < -0.39 is 5.38 Å². The number of aldehydes is 1. The predicted octanol–water partition coefficient (Wildman–Crippen LogP) is 2.78. The molecule has 1 aromatic rings. The molecule has 0 aliphatic heterocycles. The Bertz CT molecular complexity index is 316. The molecular formula is C9H7ClFIO. The Labute approximate surface area is 94.4 Å². The molecule has 0 saturated heterocycles. The van der Waals surface area contributed by atoms with Crippen molar-refractivity contribution in [2.45, 2.75) is 11.8 Å². The first-order valence-corrected chi connectivity index (χ1v) is 5.18. The molecular weight excluding hydrogens is 305 g/mol. The van der Waals surface area contributed by atoms with Crippen LogP contribution in [0.5, 0.6) is 0 Å². The quantitative estimate of drug-likeness (QED) is 0.476. The van der Waals surface area contributed by atoms with E-state index in [0.29, 0.717) is 12.7 Å². The normalized spacial score (nSPS) is 12.5. The second-order valence-corrected chi connectivity index (χ2v) is 4.31. The van der Waals surface area contributed by atoms with Crippen molar-refractivity contribution in [3.63, 3.8) is 0 Å². The summed E-state index contributed by atoms with van der Waals surface area (Å²) in [5, 5.41) is -0.529. The molecule has 0 aliphatic carbocycles. The van der Waals surface area contributed by atoms with E-state index >= 15 is 0 Å². The van der Waals surface area contributed by atoms with Crippen molar-refractivity contribution in [3.05, 3.63) is 33.1 Å². The molecule has 0 radical (unpaired) electrons. The molecule has 0 amide bonds. The van der Waals surface area contributed by atoms with Gasteiger partial charge in [0.2, 0.25) is 0 Å². The van der Waals surface area contributed by atoms with Crippen molar-refractivity contribution in [3.8, 4) is 0 Å². The van der Waals surface area contributed by atoms with Gasteiger partial charge in [0.25, 0.3) is 0 Å². The topological polar surface area (TPSA) is 17.1 Å². The van der Waals surface area contributed by atoms with Crippen molar-refractivity contribution in [1.82, 2.24) is 0 Å². The third-order valence-corrected chi connectivity index (χ3v) is 2.84. The largest absolute Gasteiger partial charge is 0.302 e. The van der Waals surface area contributed by atoms with Gasteiger partial charge in [-0.25, -0.2) is 4.39 Å². The molecule has 0 heterocycles. The van der Waals surface area contributed by atoms with Crippen LogP contribution < -0.4 is 0 Å². The van der Waals surface area contributed by atoms with Crippen molar-refractivity contribution in [1.29, 1.82) is 0 Å². The van der Waals surface area contributed by atoms with Crippen LogP contribution in [-0.4, -0.2) is 11.7 Å². The van der Waals surface area contributed by atoms with Gasteiger partial charge in [-0.2, -0.15) is 0 Å². The maximum Gasteiger partial charge on any atom is 0.138 e. The average molecular weight is 313 g/mol. The predicted molar refractivity (Wildman–Crippen MR) is 58.5 cm³/mol. The standard InChI is InChI=1S/C9H7ClFIO/c10-7(5-13)3-6-1-2-8(11)4-9(6)12/h1-2,4-5,7H,3H2. The van der Waals surface area contributed by atoms with E-state index in [9.17, 15) is 9.18 Å². The number of hydrogen-bond donors (Lipinski definition) is 0. The van der Waals surface area contributed by atoms with E-state index in [4.69, 9.17) is 11.6 Å². The number of rotatable bonds is 3.